The number of rotatable bonds is 8. The fourth-order valence-corrected chi connectivity index (χ4v) is 5.12. The summed E-state index contributed by atoms with van der Waals surface area (Å²) in [5.74, 6) is -0.271. The number of hydrogen-bond acceptors (Lipinski definition) is 3. The molecule has 0 saturated heterocycles. The summed E-state index contributed by atoms with van der Waals surface area (Å²) in [7, 11) is 2.02. The van der Waals surface area contributed by atoms with E-state index in [2.05, 4.69) is 45.6 Å². The molecule has 0 aliphatic heterocycles. The molecule has 6 nitrogen and oxygen atoms in total. The lowest BCUT2D eigenvalue weighted by molar-refractivity contribution is -0.144. The number of fused-ring (bicyclic) bond motifs is 2. The van der Waals surface area contributed by atoms with Crippen molar-refractivity contribution in [1.82, 2.24) is 13.7 Å². The van der Waals surface area contributed by atoms with Crippen molar-refractivity contribution in [2.75, 3.05) is 6.61 Å². The number of para-hydroxylation sites is 2. The topological polar surface area (TPSA) is 58.2 Å². The lowest BCUT2D eigenvalue weighted by Crippen LogP contribution is -2.29. The number of nitrogens with zero attached hydrogens (tertiary/aromatic N) is 3. The first-order chi connectivity index (χ1) is 15.4. The van der Waals surface area contributed by atoms with Crippen LogP contribution in [0.2, 0.25) is 0 Å². The van der Waals surface area contributed by atoms with Gasteiger partial charge in [0.05, 0.1) is 36.1 Å². The second kappa shape index (κ2) is 9.36. The maximum absolute atomic E-state index is 13.7. The highest BCUT2D eigenvalue weighted by molar-refractivity contribution is 9.10. The van der Waals surface area contributed by atoms with Crippen LogP contribution < -0.4 is 5.69 Å². The second-order valence-corrected chi connectivity index (χ2v) is 9.02. The van der Waals surface area contributed by atoms with Gasteiger partial charge in [-0.2, -0.15) is 0 Å². The molecule has 0 spiro atoms. The molecule has 2 heterocycles. The minimum Gasteiger partial charge on any atom is -0.466 e. The molecule has 0 fully saturated rings. The SMILES string of the molecule is CCCC(CC(=O)OCC)n1c(=O)n(Cc2cc(Br)cc3ccn(C)c23)c2ccccc21. The zero-order valence-electron chi connectivity index (χ0n) is 18.7. The molecular weight excluding hydrogens is 470 g/mol. The molecule has 2 aromatic carbocycles. The lowest BCUT2D eigenvalue weighted by Gasteiger charge is -2.17. The molecule has 0 radical (unpaired) electrons. The standard InChI is InChI=1S/C25H28BrN3O3/c1-4-8-20(15-23(30)32-5-2)29-22-10-7-6-9-21(22)28(25(29)31)16-18-14-19(26)13-17-11-12-27(3)24(17)18/h6-7,9-14,20H,4-5,8,15-16H2,1-3H3. The van der Waals surface area contributed by atoms with Crippen LogP contribution in [0.4, 0.5) is 0 Å². The van der Waals surface area contributed by atoms with Crippen LogP contribution in [0, 0.1) is 0 Å². The fourth-order valence-electron chi connectivity index (χ4n) is 4.60. The van der Waals surface area contributed by atoms with Crippen molar-refractivity contribution in [3.63, 3.8) is 0 Å². The Balaban J connectivity index is 1.86. The van der Waals surface area contributed by atoms with E-state index in [1.54, 1.807) is 11.5 Å². The molecular formula is C25H28BrN3O3. The number of ether oxygens (including phenoxy) is 1. The number of imidazole rings is 1. The Labute approximate surface area is 195 Å². The molecule has 0 bridgehead atoms. The van der Waals surface area contributed by atoms with Gasteiger partial charge in [-0.3, -0.25) is 13.9 Å². The summed E-state index contributed by atoms with van der Waals surface area (Å²) in [6.07, 6.45) is 3.81. The molecule has 32 heavy (non-hydrogen) atoms. The maximum atomic E-state index is 13.7. The highest BCUT2D eigenvalue weighted by Gasteiger charge is 2.23. The van der Waals surface area contributed by atoms with Crippen molar-refractivity contribution in [1.29, 1.82) is 0 Å². The fraction of sp³-hybridized carbons (Fsp3) is 0.360. The second-order valence-electron chi connectivity index (χ2n) is 8.11. The third-order valence-electron chi connectivity index (χ3n) is 5.91. The largest absolute Gasteiger partial charge is 0.466 e. The van der Waals surface area contributed by atoms with Crippen LogP contribution in [0.15, 0.2) is 57.9 Å². The van der Waals surface area contributed by atoms with Crippen LogP contribution in [0.1, 0.15) is 44.7 Å². The molecule has 4 aromatic rings. The van der Waals surface area contributed by atoms with Crippen LogP contribution in [0.3, 0.4) is 0 Å². The predicted octanol–water partition coefficient (Wildman–Crippen LogP) is 5.40. The van der Waals surface area contributed by atoms with Gasteiger partial charge in [0, 0.05) is 29.1 Å². The van der Waals surface area contributed by atoms with Crippen LogP contribution in [0.5, 0.6) is 0 Å². The van der Waals surface area contributed by atoms with E-state index in [1.165, 1.54) is 0 Å². The number of benzene rings is 2. The number of carbonyl (C=O) groups is 1. The van der Waals surface area contributed by atoms with Crippen molar-refractivity contribution in [3.8, 4) is 0 Å². The Kier molecular flexibility index (Phi) is 6.55. The van der Waals surface area contributed by atoms with E-state index in [0.29, 0.717) is 13.2 Å². The Morgan fingerprint density at radius 2 is 1.88 bits per heavy atom. The van der Waals surface area contributed by atoms with Gasteiger partial charge < -0.3 is 9.30 Å². The predicted molar refractivity (Wildman–Crippen MR) is 131 cm³/mol. The molecule has 2 aromatic heterocycles. The van der Waals surface area contributed by atoms with Crippen LogP contribution in [0.25, 0.3) is 21.9 Å². The normalized spacial score (nSPS) is 12.5. The Morgan fingerprint density at radius 1 is 1.12 bits per heavy atom. The van der Waals surface area contributed by atoms with E-state index in [9.17, 15) is 9.59 Å². The molecule has 1 unspecified atom stereocenters. The number of aromatic nitrogens is 3. The average Bonchev–Trinajstić information content (AvgIpc) is 3.25. The Morgan fingerprint density at radius 3 is 2.59 bits per heavy atom. The summed E-state index contributed by atoms with van der Waals surface area (Å²) < 4.78 is 11.9. The molecule has 0 amide bonds. The summed E-state index contributed by atoms with van der Waals surface area (Å²) >= 11 is 3.61. The smallest absolute Gasteiger partial charge is 0.329 e. The molecule has 1 atom stereocenters. The average molecular weight is 498 g/mol. The van der Waals surface area contributed by atoms with Gasteiger partial charge in [0.2, 0.25) is 0 Å². The highest BCUT2D eigenvalue weighted by atomic mass is 79.9. The van der Waals surface area contributed by atoms with E-state index < -0.39 is 0 Å². The van der Waals surface area contributed by atoms with Crippen LogP contribution >= 0.6 is 15.9 Å². The van der Waals surface area contributed by atoms with Gasteiger partial charge in [-0.05, 0) is 49.2 Å². The van der Waals surface area contributed by atoms with Gasteiger partial charge in [-0.15, -0.1) is 0 Å². The first-order valence-corrected chi connectivity index (χ1v) is 11.8. The minimum absolute atomic E-state index is 0.101. The van der Waals surface area contributed by atoms with E-state index in [-0.39, 0.29) is 24.1 Å². The third kappa shape index (κ3) is 4.13. The zero-order valence-corrected chi connectivity index (χ0v) is 20.3. The van der Waals surface area contributed by atoms with Gasteiger partial charge in [0.25, 0.3) is 0 Å². The summed E-state index contributed by atoms with van der Waals surface area (Å²) in [5.41, 5.74) is 3.78. The van der Waals surface area contributed by atoms with Gasteiger partial charge in [-0.25, -0.2) is 4.79 Å². The Bertz CT molecular complexity index is 1330. The van der Waals surface area contributed by atoms with E-state index in [4.69, 9.17) is 4.74 Å². The highest BCUT2D eigenvalue weighted by Crippen LogP contribution is 2.28. The minimum atomic E-state index is -0.271. The molecule has 0 aliphatic rings. The number of carbonyl (C=O) groups excluding carboxylic acids is 1. The summed E-state index contributed by atoms with van der Waals surface area (Å²) in [6.45, 7) is 4.64. The quantitative estimate of drug-likeness (QED) is 0.306. The summed E-state index contributed by atoms with van der Waals surface area (Å²) in [6, 6.07) is 13.8. The number of hydrogen-bond donors (Lipinski definition) is 0. The van der Waals surface area contributed by atoms with Crippen molar-refractivity contribution in [3.05, 3.63) is 69.2 Å². The van der Waals surface area contributed by atoms with Crippen molar-refractivity contribution >= 4 is 43.8 Å². The molecule has 4 rings (SSSR count). The molecule has 0 N–H and O–H groups in total. The molecule has 0 aliphatic carbocycles. The van der Waals surface area contributed by atoms with Gasteiger partial charge >= 0.3 is 11.7 Å². The van der Waals surface area contributed by atoms with Gasteiger partial charge in [-0.1, -0.05) is 41.4 Å². The first-order valence-electron chi connectivity index (χ1n) is 11.0. The zero-order chi connectivity index (χ0) is 22.8. The van der Waals surface area contributed by atoms with E-state index in [0.717, 1.165) is 44.8 Å². The Hall–Kier alpha value is -2.80. The van der Waals surface area contributed by atoms with Crippen molar-refractivity contribution in [2.45, 2.75) is 45.7 Å². The number of halogens is 1. The molecule has 7 heteroatoms. The maximum Gasteiger partial charge on any atom is 0.329 e. The van der Waals surface area contributed by atoms with Crippen LogP contribution in [-0.4, -0.2) is 26.3 Å². The van der Waals surface area contributed by atoms with Gasteiger partial charge in [0.1, 0.15) is 0 Å². The third-order valence-corrected chi connectivity index (χ3v) is 6.36. The number of esters is 1. The van der Waals surface area contributed by atoms with E-state index in [1.807, 2.05) is 42.1 Å². The van der Waals surface area contributed by atoms with Crippen molar-refractivity contribution in [2.24, 2.45) is 7.05 Å². The molecule has 168 valence electrons. The van der Waals surface area contributed by atoms with Gasteiger partial charge in [0.15, 0.2) is 0 Å². The number of aryl methyl sites for hydroxylation is 1. The monoisotopic (exact) mass is 497 g/mol. The van der Waals surface area contributed by atoms with E-state index >= 15 is 0 Å². The van der Waals surface area contributed by atoms with Crippen LogP contribution in [-0.2, 0) is 23.1 Å². The first kappa shape index (κ1) is 22.4. The van der Waals surface area contributed by atoms with Crippen molar-refractivity contribution < 1.29 is 9.53 Å². The summed E-state index contributed by atoms with van der Waals surface area (Å²) in [5, 5.41) is 1.12. The lowest BCUT2D eigenvalue weighted by atomic mass is 10.1. The summed E-state index contributed by atoms with van der Waals surface area (Å²) in [4.78, 5) is 26.0. The molecule has 0 saturated carbocycles.